The average molecular weight is 175 g/mol. The standard InChI is InChI=1S/C11H13NO/c1-4-9-5-6-10(8-12-2)11(7-9)13-3/h1,5-7,12H,8H2,2-3H3. The molecule has 0 saturated heterocycles. The van der Waals surface area contributed by atoms with Gasteiger partial charge in [0.25, 0.3) is 0 Å². The summed E-state index contributed by atoms with van der Waals surface area (Å²) in [6, 6.07) is 5.76. The van der Waals surface area contributed by atoms with Crippen LogP contribution in [0, 0.1) is 12.3 Å². The van der Waals surface area contributed by atoms with Crippen LogP contribution in [-0.4, -0.2) is 14.2 Å². The Bertz CT molecular complexity index is 325. The van der Waals surface area contributed by atoms with Crippen LogP contribution >= 0.6 is 0 Å². The fraction of sp³-hybridized carbons (Fsp3) is 0.273. The van der Waals surface area contributed by atoms with Crippen molar-refractivity contribution in [2.45, 2.75) is 6.54 Å². The van der Waals surface area contributed by atoms with Crippen molar-refractivity contribution in [3.8, 4) is 18.1 Å². The lowest BCUT2D eigenvalue weighted by Crippen LogP contribution is -2.06. The number of hydrogen-bond acceptors (Lipinski definition) is 2. The first-order valence-electron chi connectivity index (χ1n) is 4.10. The maximum absolute atomic E-state index is 5.28. The van der Waals surface area contributed by atoms with Crippen LogP contribution in [-0.2, 0) is 6.54 Å². The highest BCUT2D eigenvalue weighted by molar-refractivity contribution is 5.43. The van der Waals surface area contributed by atoms with Crippen molar-refractivity contribution in [3.05, 3.63) is 29.3 Å². The first-order chi connectivity index (χ1) is 6.31. The van der Waals surface area contributed by atoms with E-state index in [-0.39, 0.29) is 0 Å². The van der Waals surface area contributed by atoms with Gasteiger partial charge < -0.3 is 10.1 Å². The SMILES string of the molecule is C#Cc1ccc(CNC)c(OC)c1. The molecular formula is C11H13NO. The van der Waals surface area contributed by atoms with E-state index in [0.29, 0.717) is 0 Å². The Hall–Kier alpha value is -1.46. The first kappa shape index (κ1) is 9.63. The molecule has 13 heavy (non-hydrogen) atoms. The molecule has 2 heteroatoms. The fourth-order valence-corrected chi connectivity index (χ4v) is 1.17. The second-order valence-electron chi connectivity index (χ2n) is 2.70. The Kier molecular flexibility index (Phi) is 3.36. The van der Waals surface area contributed by atoms with E-state index in [1.165, 1.54) is 0 Å². The van der Waals surface area contributed by atoms with Gasteiger partial charge in [0.1, 0.15) is 5.75 Å². The highest BCUT2D eigenvalue weighted by Crippen LogP contribution is 2.19. The average Bonchev–Trinajstić information content (AvgIpc) is 2.19. The molecule has 0 aliphatic rings. The van der Waals surface area contributed by atoms with Crippen molar-refractivity contribution < 1.29 is 4.74 Å². The second kappa shape index (κ2) is 4.54. The van der Waals surface area contributed by atoms with Gasteiger partial charge in [-0.3, -0.25) is 0 Å². The lowest BCUT2D eigenvalue weighted by molar-refractivity contribution is 0.408. The van der Waals surface area contributed by atoms with E-state index in [1.807, 2.05) is 25.2 Å². The van der Waals surface area contributed by atoms with Crippen LogP contribution in [0.2, 0.25) is 0 Å². The van der Waals surface area contributed by atoms with Gasteiger partial charge in [0.05, 0.1) is 7.11 Å². The summed E-state index contributed by atoms with van der Waals surface area (Å²) in [5.74, 6) is 3.41. The van der Waals surface area contributed by atoms with E-state index in [9.17, 15) is 0 Å². The Balaban J connectivity index is 3.02. The fourth-order valence-electron chi connectivity index (χ4n) is 1.17. The van der Waals surface area contributed by atoms with Crippen molar-refractivity contribution in [1.82, 2.24) is 5.32 Å². The van der Waals surface area contributed by atoms with Crippen molar-refractivity contribution in [3.63, 3.8) is 0 Å². The van der Waals surface area contributed by atoms with E-state index >= 15 is 0 Å². The zero-order valence-corrected chi connectivity index (χ0v) is 7.92. The van der Waals surface area contributed by atoms with E-state index in [4.69, 9.17) is 11.2 Å². The predicted octanol–water partition coefficient (Wildman–Crippen LogP) is 1.40. The number of rotatable bonds is 3. The maximum atomic E-state index is 5.28. The molecule has 0 spiro atoms. The minimum absolute atomic E-state index is 0.786. The maximum Gasteiger partial charge on any atom is 0.124 e. The van der Waals surface area contributed by atoms with Crippen LogP contribution in [0.25, 0.3) is 0 Å². The van der Waals surface area contributed by atoms with Crippen molar-refractivity contribution in [2.24, 2.45) is 0 Å². The van der Waals surface area contributed by atoms with E-state index < -0.39 is 0 Å². The smallest absolute Gasteiger partial charge is 0.124 e. The third-order valence-corrected chi connectivity index (χ3v) is 1.82. The molecule has 0 unspecified atom stereocenters. The molecule has 2 nitrogen and oxygen atoms in total. The second-order valence-corrected chi connectivity index (χ2v) is 2.70. The molecule has 0 atom stereocenters. The highest BCUT2D eigenvalue weighted by Gasteiger charge is 2.01. The summed E-state index contributed by atoms with van der Waals surface area (Å²) in [6.45, 7) is 0.786. The molecule has 1 rings (SSSR count). The van der Waals surface area contributed by atoms with Crippen LogP contribution in [0.1, 0.15) is 11.1 Å². The van der Waals surface area contributed by atoms with Gasteiger partial charge in [-0.1, -0.05) is 12.0 Å². The molecule has 0 radical (unpaired) electrons. The number of ether oxygens (including phenoxy) is 1. The molecule has 1 N–H and O–H groups in total. The lowest BCUT2D eigenvalue weighted by atomic mass is 10.1. The summed E-state index contributed by atoms with van der Waals surface area (Å²) in [5.41, 5.74) is 1.96. The monoisotopic (exact) mass is 175 g/mol. The molecule has 0 aliphatic heterocycles. The number of hydrogen-bond donors (Lipinski definition) is 1. The summed E-state index contributed by atoms with van der Waals surface area (Å²) >= 11 is 0. The number of benzene rings is 1. The van der Waals surface area contributed by atoms with Gasteiger partial charge in [-0.2, -0.15) is 0 Å². The first-order valence-corrected chi connectivity index (χ1v) is 4.10. The Morgan fingerprint density at radius 1 is 1.54 bits per heavy atom. The minimum Gasteiger partial charge on any atom is -0.496 e. The zero-order valence-electron chi connectivity index (χ0n) is 7.92. The molecule has 0 bridgehead atoms. The van der Waals surface area contributed by atoms with Crippen LogP contribution in [0.5, 0.6) is 5.75 Å². The lowest BCUT2D eigenvalue weighted by Gasteiger charge is -2.07. The van der Waals surface area contributed by atoms with Gasteiger partial charge in [0.15, 0.2) is 0 Å². The summed E-state index contributed by atoms with van der Waals surface area (Å²) in [5, 5.41) is 3.06. The molecule has 1 aromatic rings. The molecule has 0 fully saturated rings. The Labute approximate surface area is 78.9 Å². The molecule has 0 heterocycles. The number of terminal acetylenes is 1. The summed E-state index contributed by atoms with van der Waals surface area (Å²) < 4.78 is 5.20. The van der Waals surface area contributed by atoms with Crippen molar-refractivity contribution in [2.75, 3.05) is 14.2 Å². The predicted molar refractivity (Wildman–Crippen MR) is 53.7 cm³/mol. The quantitative estimate of drug-likeness (QED) is 0.701. The summed E-state index contributed by atoms with van der Waals surface area (Å²) in [7, 11) is 3.54. The van der Waals surface area contributed by atoms with E-state index in [2.05, 4.69) is 11.2 Å². The van der Waals surface area contributed by atoms with Gasteiger partial charge in [-0.15, -0.1) is 6.42 Å². The van der Waals surface area contributed by atoms with Crippen molar-refractivity contribution in [1.29, 1.82) is 0 Å². The van der Waals surface area contributed by atoms with Gasteiger partial charge >= 0.3 is 0 Å². The normalized spacial score (nSPS) is 9.31. The third-order valence-electron chi connectivity index (χ3n) is 1.82. The number of nitrogens with one attached hydrogen (secondary N) is 1. The molecule has 1 aromatic carbocycles. The molecule has 0 saturated carbocycles. The zero-order chi connectivity index (χ0) is 9.68. The largest absolute Gasteiger partial charge is 0.496 e. The highest BCUT2D eigenvalue weighted by atomic mass is 16.5. The van der Waals surface area contributed by atoms with Crippen LogP contribution in [0.4, 0.5) is 0 Å². The molecule has 0 amide bonds. The van der Waals surface area contributed by atoms with Crippen LogP contribution in [0.3, 0.4) is 0 Å². The van der Waals surface area contributed by atoms with E-state index in [1.54, 1.807) is 7.11 Å². The molecule has 68 valence electrons. The summed E-state index contributed by atoms with van der Waals surface area (Å²) in [6.07, 6.45) is 5.28. The van der Waals surface area contributed by atoms with Gasteiger partial charge in [0.2, 0.25) is 0 Å². The topological polar surface area (TPSA) is 21.3 Å². The Morgan fingerprint density at radius 3 is 2.85 bits per heavy atom. The van der Waals surface area contributed by atoms with Gasteiger partial charge in [-0.05, 0) is 19.2 Å². The Morgan fingerprint density at radius 2 is 2.31 bits per heavy atom. The van der Waals surface area contributed by atoms with Crippen LogP contribution < -0.4 is 10.1 Å². The molecule has 0 aromatic heterocycles. The molecular weight excluding hydrogens is 162 g/mol. The summed E-state index contributed by atoms with van der Waals surface area (Å²) in [4.78, 5) is 0. The van der Waals surface area contributed by atoms with Crippen molar-refractivity contribution >= 4 is 0 Å². The van der Waals surface area contributed by atoms with E-state index in [0.717, 1.165) is 23.4 Å². The van der Waals surface area contributed by atoms with Gasteiger partial charge in [0, 0.05) is 17.7 Å². The third kappa shape index (κ3) is 2.24. The molecule has 0 aliphatic carbocycles. The van der Waals surface area contributed by atoms with Crippen LogP contribution in [0.15, 0.2) is 18.2 Å². The minimum atomic E-state index is 0.786. The van der Waals surface area contributed by atoms with Gasteiger partial charge in [-0.25, -0.2) is 0 Å². The number of methoxy groups -OCH3 is 1.